The first-order chi connectivity index (χ1) is 15.5. The van der Waals surface area contributed by atoms with Crippen LogP contribution in [-0.4, -0.2) is 35.2 Å². The van der Waals surface area contributed by atoms with Crippen LogP contribution in [0.5, 0.6) is 0 Å². The molecule has 2 N–H and O–H groups in total. The number of allylic oxidation sites excluding steroid dienone is 2. The molecule has 33 heavy (non-hydrogen) atoms. The molecule has 1 unspecified atom stereocenters. The number of esters is 2. The molecule has 1 aliphatic rings. The second kappa shape index (κ2) is 11.0. The Morgan fingerprint density at radius 2 is 1.73 bits per heavy atom. The van der Waals surface area contributed by atoms with Crippen LogP contribution in [0, 0.1) is 0 Å². The number of aliphatic carboxylic acids is 1. The third kappa shape index (κ3) is 6.34. The molecule has 0 saturated carbocycles. The van der Waals surface area contributed by atoms with Gasteiger partial charge in [0, 0.05) is 17.5 Å². The number of carboxylic acid groups (broad SMARTS) is 1. The maximum absolute atomic E-state index is 13.4. The maximum atomic E-state index is 13.4. The van der Waals surface area contributed by atoms with Gasteiger partial charge in [-0.15, -0.1) is 0 Å². The predicted molar refractivity (Wildman–Crippen MR) is 126 cm³/mol. The molecular formula is C26H33NO6. The van der Waals surface area contributed by atoms with E-state index in [-0.39, 0.29) is 17.8 Å². The van der Waals surface area contributed by atoms with Gasteiger partial charge in [-0.25, -0.2) is 14.4 Å². The molecule has 1 heterocycles. The molecule has 2 rings (SSSR count). The fourth-order valence-corrected chi connectivity index (χ4v) is 4.09. The Bertz CT molecular complexity index is 1020. The summed E-state index contributed by atoms with van der Waals surface area (Å²) in [6.45, 7) is 11.0. The van der Waals surface area contributed by atoms with Gasteiger partial charge in [-0.1, -0.05) is 37.6 Å². The van der Waals surface area contributed by atoms with Crippen LogP contribution >= 0.6 is 0 Å². The summed E-state index contributed by atoms with van der Waals surface area (Å²) in [5.74, 6) is -3.09. The minimum Gasteiger partial charge on any atom is -0.478 e. The number of ether oxygens (including phenoxy) is 2. The second-order valence-electron chi connectivity index (χ2n) is 8.55. The van der Waals surface area contributed by atoms with Crippen LogP contribution in [0.25, 0.3) is 6.08 Å². The Hall–Kier alpha value is -3.35. The van der Waals surface area contributed by atoms with Crippen molar-refractivity contribution in [3.8, 4) is 0 Å². The SMILES string of the molecule is CCCC(C)(C)OC(=O)C1=C(C)NC(C)=C(C(=O)O)C1c1ccccc1/C=C/C(=O)OCC. The minimum absolute atomic E-state index is 0.0535. The highest BCUT2D eigenvalue weighted by molar-refractivity contribution is 6.00. The quantitative estimate of drug-likeness (QED) is 0.411. The number of carbonyl (C=O) groups excluding carboxylic acids is 2. The Morgan fingerprint density at radius 3 is 2.33 bits per heavy atom. The minimum atomic E-state index is -1.14. The number of rotatable bonds is 9. The van der Waals surface area contributed by atoms with Crippen molar-refractivity contribution in [2.24, 2.45) is 0 Å². The molecule has 0 fully saturated rings. The largest absolute Gasteiger partial charge is 0.478 e. The van der Waals surface area contributed by atoms with E-state index in [2.05, 4.69) is 5.32 Å². The summed E-state index contributed by atoms with van der Waals surface area (Å²) in [5, 5.41) is 13.1. The van der Waals surface area contributed by atoms with Crippen molar-refractivity contribution in [1.82, 2.24) is 5.32 Å². The monoisotopic (exact) mass is 455 g/mol. The van der Waals surface area contributed by atoms with Crippen molar-refractivity contribution in [2.45, 2.75) is 65.9 Å². The lowest BCUT2D eigenvalue weighted by atomic mass is 9.78. The number of carboxylic acids is 1. The normalized spacial score (nSPS) is 16.6. The van der Waals surface area contributed by atoms with E-state index in [4.69, 9.17) is 9.47 Å². The van der Waals surface area contributed by atoms with Gasteiger partial charge in [-0.2, -0.15) is 0 Å². The summed E-state index contributed by atoms with van der Waals surface area (Å²) in [6, 6.07) is 7.08. The highest BCUT2D eigenvalue weighted by atomic mass is 16.6. The second-order valence-corrected chi connectivity index (χ2v) is 8.55. The zero-order chi connectivity index (χ0) is 24.8. The van der Waals surface area contributed by atoms with E-state index >= 15 is 0 Å². The Kier molecular flexibility index (Phi) is 8.63. The number of benzene rings is 1. The van der Waals surface area contributed by atoms with Gasteiger partial charge in [-0.3, -0.25) is 0 Å². The number of hydrogen-bond acceptors (Lipinski definition) is 6. The van der Waals surface area contributed by atoms with Gasteiger partial charge in [0.25, 0.3) is 0 Å². The van der Waals surface area contributed by atoms with E-state index < -0.39 is 29.4 Å². The van der Waals surface area contributed by atoms with E-state index in [0.29, 0.717) is 28.9 Å². The molecule has 1 atom stereocenters. The van der Waals surface area contributed by atoms with Gasteiger partial charge in [0.05, 0.1) is 23.7 Å². The fourth-order valence-electron chi connectivity index (χ4n) is 4.09. The molecule has 0 aliphatic carbocycles. The molecule has 1 aromatic carbocycles. The van der Waals surface area contributed by atoms with Crippen molar-refractivity contribution in [2.75, 3.05) is 6.61 Å². The Labute approximate surface area is 195 Å². The molecule has 0 radical (unpaired) electrons. The summed E-state index contributed by atoms with van der Waals surface area (Å²) in [6.07, 6.45) is 4.37. The Balaban J connectivity index is 2.64. The lowest BCUT2D eigenvalue weighted by molar-refractivity contribution is -0.152. The summed E-state index contributed by atoms with van der Waals surface area (Å²) < 4.78 is 10.8. The van der Waals surface area contributed by atoms with Crippen LogP contribution in [0.1, 0.15) is 71.4 Å². The molecule has 0 saturated heterocycles. The number of nitrogens with one attached hydrogen (secondary N) is 1. The summed E-state index contributed by atoms with van der Waals surface area (Å²) in [7, 11) is 0. The molecule has 1 aliphatic heterocycles. The topological polar surface area (TPSA) is 102 Å². The standard InChI is InChI=1S/C26H33NO6/c1-7-15-26(5,6)33-25(31)22-17(4)27-16(3)21(24(29)30)23(22)19-12-10-9-11-18(19)13-14-20(28)32-8-2/h9-14,23,27H,7-8,15H2,1-6H3,(H,29,30)/b14-13+. The van der Waals surface area contributed by atoms with Gasteiger partial charge in [0.1, 0.15) is 5.60 Å². The van der Waals surface area contributed by atoms with Crippen LogP contribution in [0.2, 0.25) is 0 Å². The van der Waals surface area contributed by atoms with Gasteiger partial charge >= 0.3 is 17.9 Å². The van der Waals surface area contributed by atoms with Crippen LogP contribution in [0.4, 0.5) is 0 Å². The van der Waals surface area contributed by atoms with Gasteiger partial charge in [0.15, 0.2) is 0 Å². The number of dihydropyridines is 1. The summed E-state index contributed by atoms with van der Waals surface area (Å²) in [4.78, 5) is 37.6. The number of carbonyl (C=O) groups is 3. The van der Waals surface area contributed by atoms with E-state index in [1.165, 1.54) is 6.08 Å². The van der Waals surface area contributed by atoms with Gasteiger partial charge < -0.3 is 19.9 Å². The van der Waals surface area contributed by atoms with Crippen molar-refractivity contribution in [1.29, 1.82) is 0 Å². The zero-order valence-electron chi connectivity index (χ0n) is 20.2. The summed E-state index contributed by atoms with van der Waals surface area (Å²) in [5.41, 5.74) is 1.75. The number of hydrogen-bond donors (Lipinski definition) is 2. The summed E-state index contributed by atoms with van der Waals surface area (Å²) >= 11 is 0. The third-order valence-corrected chi connectivity index (χ3v) is 5.42. The van der Waals surface area contributed by atoms with Crippen LogP contribution in [0.15, 0.2) is 52.9 Å². The van der Waals surface area contributed by atoms with Crippen molar-refractivity contribution in [3.63, 3.8) is 0 Å². The molecular weight excluding hydrogens is 422 g/mol. The molecule has 7 heteroatoms. The molecule has 178 valence electrons. The lowest BCUT2D eigenvalue weighted by Crippen LogP contribution is -2.35. The molecule has 0 aromatic heterocycles. The first-order valence-electron chi connectivity index (χ1n) is 11.1. The van der Waals surface area contributed by atoms with Crippen LogP contribution in [-0.2, 0) is 23.9 Å². The molecule has 0 amide bonds. The predicted octanol–water partition coefficient (Wildman–Crippen LogP) is 4.70. The van der Waals surface area contributed by atoms with E-state index in [0.717, 1.165) is 6.42 Å². The fraction of sp³-hybridized carbons (Fsp3) is 0.423. The molecule has 1 aromatic rings. The van der Waals surface area contributed by atoms with E-state index in [9.17, 15) is 19.5 Å². The zero-order valence-corrected chi connectivity index (χ0v) is 20.2. The maximum Gasteiger partial charge on any atom is 0.337 e. The lowest BCUT2D eigenvalue weighted by Gasteiger charge is -2.33. The highest BCUT2D eigenvalue weighted by Gasteiger charge is 2.39. The average molecular weight is 456 g/mol. The molecule has 7 nitrogen and oxygen atoms in total. The third-order valence-electron chi connectivity index (χ3n) is 5.42. The van der Waals surface area contributed by atoms with Crippen LogP contribution in [0.3, 0.4) is 0 Å². The first kappa shape index (κ1) is 25.9. The van der Waals surface area contributed by atoms with E-state index in [1.54, 1.807) is 51.1 Å². The van der Waals surface area contributed by atoms with Crippen molar-refractivity contribution < 1.29 is 29.0 Å². The van der Waals surface area contributed by atoms with Gasteiger partial charge in [-0.05, 0) is 58.2 Å². The molecule has 0 bridgehead atoms. The first-order valence-corrected chi connectivity index (χ1v) is 11.1. The average Bonchev–Trinajstić information content (AvgIpc) is 2.71. The van der Waals surface area contributed by atoms with Crippen LogP contribution < -0.4 is 5.32 Å². The van der Waals surface area contributed by atoms with Gasteiger partial charge in [0.2, 0.25) is 0 Å². The van der Waals surface area contributed by atoms with E-state index in [1.807, 2.05) is 20.8 Å². The molecule has 0 spiro atoms. The Morgan fingerprint density at radius 1 is 1.09 bits per heavy atom. The highest BCUT2D eigenvalue weighted by Crippen LogP contribution is 2.41. The smallest absolute Gasteiger partial charge is 0.337 e. The van der Waals surface area contributed by atoms with Crippen molar-refractivity contribution >= 4 is 24.0 Å². The van der Waals surface area contributed by atoms with Crippen molar-refractivity contribution in [3.05, 3.63) is 64.0 Å².